The van der Waals surface area contributed by atoms with Crippen LogP contribution in [0.25, 0.3) is 16.9 Å². The summed E-state index contributed by atoms with van der Waals surface area (Å²) in [6.45, 7) is 1.90. The van der Waals surface area contributed by atoms with E-state index in [1.165, 1.54) is 12.1 Å². The van der Waals surface area contributed by atoms with E-state index < -0.39 is 10.0 Å². The second-order valence-electron chi connectivity index (χ2n) is 4.86. The Labute approximate surface area is 128 Å². The molecule has 0 radical (unpaired) electrons. The van der Waals surface area contributed by atoms with Crippen molar-refractivity contribution in [3.63, 3.8) is 0 Å². The van der Waals surface area contributed by atoms with Crippen LogP contribution in [-0.4, -0.2) is 23.2 Å². The SMILES string of the molecule is Cc1cc(-c2cccnc2)n(-c2ccc(S(N)(=O)=O)cc2)n1. The van der Waals surface area contributed by atoms with E-state index >= 15 is 0 Å². The van der Waals surface area contributed by atoms with Crippen molar-refractivity contribution >= 4 is 10.0 Å². The number of rotatable bonds is 3. The fraction of sp³-hybridized carbons (Fsp3) is 0.0667. The van der Waals surface area contributed by atoms with Crippen molar-refractivity contribution in [2.75, 3.05) is 0 Å². The average Bonchev–Trinajstić information content (AvgIpc) is 2.89. The van der Waals surface area contributed by atoms with Crippen molar-refractivity contribution in [1.82, 2.24) is 14.8 Å². The summed E-state index contributed by atoms with van der Waals surface area (Å²) in [5.41, 5.74) is 3.42. The zero-order valence-corrected chi connectivity index (χ0v) is 12.7. The molecule has 1 aromatic carbocycles. The van der Waals surface area contributed by atoms with Crippen molar-refractivity contribution < 1.29 is 8.42 Å². The summed E-state index contributed by atoms with van der Waals surface area (Å²) in [6.07, 6.45) is 3.46. The van der Waals surface area contributed by atoms with Gasteiger partial charge >= 0.3 is 0 Å². The Kier molecular flexibility index (Phi) is 3.51. The van der Waals surface area contributed by atoms with Crippen LogP contribution < -0.4 is 5.14 Å². The maximum Gasteiger partial charge on any atom is 0.238 e. The lowest BCUT2D eigenvalue weighted by Crippen LogP contribution is -2.12. The second-order valence-corrected chi connectivity index (χ2v) is 6.42. The molecule has 0 bridgehead atoms. The maximum absolute atomic E-state index is 11.3. The van der Waals surface area contributed by atoms with Gasteiger partial charge in [-0.05, 0) is 49.4 Å². The molecule has 0 fully saturated rings. The number of nitrogens with two attached hydrogens (primary N) is 1. The minimum atomic E-state index is -3.70. The zero-order valence-electron chi connectivity index (χ0n) is 11.8. The van der Waals surface area contributed by atoms with Gasteiger partial charge in [-0.3, -0.25) is 4.98 Å². The second kappa shape index (κ2) is 5.36. The first-order chi connectivity index (χ1) is 10.4. The van der Waals surface area contributed by atoms with Gasteiger partial charge in [-0.15, -0.1) is 0 Å². The number of aryl methyl sites for hydroxylation is 1. The minimum Gasteiger partial charge on any atom is -0.264 e. The van der Waals surface area contributed by atoms with Gasteiger partial charge < -0.3 is 0 Å². The summed E-state index contributed by atoms with van der Waals surface area (Å²) >= 11 is 0. The van der Waals surface area contributed by atoms with E-state index in [1.54, 1.807) is 29.2 Å². The van der Waals surface area contributed by atoms with Gasteiger partial charge in [0.2, 0.25) is 10.0 Å². The molecule has 3 rings (SSSR count). The van der Waals surface area contributed by atoms with Crippen molar-refractivity contribution in [2.24, 2.45) is 5.14 Å². The number of aromatic nitrogens is 3. The van der Waals surface area contributed by atoms with Crippen molar-refractivity contribution in [1.29, 1.82) is 0 Å². The highest BCUT2D eigenvalue weighted by Crippen LogP contribution is 2.23. The minimum absolute atomic E-state index is 0.0723. The number of sulfonamides is 1. The predicted molar refractivity (Wildman–Crippen MR) is 82.9 cm³/mol. The molecule has 0 unspecified atom stereocenters. The molecule has 112 valence electrons. The molecule has 22 heavy (non-hydrogen) atoms. The molecular formula is C15H14N4O2S. The topological polar surface area (TPSA) is 90.9 Å². The Bertz CT molecular complexity index is 900. The summed E-state index contributed by atoms with van der Waals surface area (Å²) in [6, 6.07) is 12.0. The Balaban J connectivity index is 2.10. The number of hydrogen-bond acceptors (Lipinski definition) is 4. The van der Waals surface area contributed by atoms with E-state index in [0.29, 0.717) is 0 Å². The van der Waals surface area contributed by atoms with E-state index in [1.807, 2.05) is 25.1 Å². The van der Waals surface area contributed by atoms with Crippen LogP contribution in [0.5, 0.6) is 0 Å². The molecule has 2 heterocycles. The van der Waals surface area contributed by atoms with Crippen molar-refractivity contribution in [2.45, 2.75) is 11.8 Å². The van der Waals surface area contributed by atoms with E-state index in [4.69, 9.17) is 5.14 Å². The van der Waals surface area contributed by atoms with Gasteiger partial charge in [0, 0.05) is 18.0 Å². The van der Waals surface area contributed by atoms with E-state index in [2.05, 4.69) is 10.1 Å². The first kappa shape index (κ1) is 14.4. The quantitative estimate of drug-likeness (QED) is 0.799. The summed E-state index contributed by atoms with van der Waals surface area (Å²) < 4.78 is 24.4. The molecule has 3 aromatic rings. The van der Waals surface area contributed by atoms with Crippen molar-refractivity contribution in [3.8, 4) is 16.9 Å². The summed E-state index contributed by atoms with van der Waals surface area (Å²) in [7, 11) is -3.70. The molecule has 0 spiro atoms. The number of nitrogens with zero attached hydrogens (tertiary/aromatic N) is 3. The molecule has 0 atom stereocenters. The number of hydrogen-bond donors (Lipinski definition) is 1. The summed E-state index contributed by atoms with van der Waals surface area (Å²) in [5.74, 6) is 0. The summed E-state index contributed by atoms with van der Waals surface area (Å²) in [5, 5.41) is 9.57. The van der Waals surface area contributed by atoms with Gasteiger partial charge in [-0.1, -0.05) is 0 Å². The van der Waals surface area contributed by atoms with Gasteiger partial charge in [0.05, 0.1) is 22.0 Å². The highest BCUT2D eigenvalue weighted by molar-refractivity contribution is 7.89. The van der Waals surface area contributed by atoms with Crippen LogP contribution in [0.15, 0.2) is 59.8 Å². The number of pyridine rings is 1. The van der Waals surface area contributed by atoms with Crippen LogP contribution in [0.1, 0.15) is 5.69 Å². The maximum atomic E-state index is 11.3. The molecule has 2 N–H and O–H groups in total. The van der Waals surface area contributed by atoms with Crippen LogP contribution in [0.3, 0.4) is 0 Å². The van der Waals surface area contributed by atoms with E-state index in [0.717, 1.165) is 22.6 Å². The van der Waals surface area contributed by atoms with Crippen molar-refractivity contribution in [3.05, 3.63) is 60.6 Å². The van der Waals surface area contributed by atoms with Gasteiger partial charge in [0.25, 0.3) is 0 Å². The first-order valence-electron chi connectivity index (χ1n) is 6.55. The van der Waals surface area contributed by atoms with Gasteiger partial charge in [0.15, 0.2) is 0 Å². The summed E-state index contributed by atoms with van der Waals surface area (Å²) in [4.78, 5) is 4.19. The smallest absolute Gasteiger partial charge is 0.238 e. The molecule has 0 saturated carbocycles. The highest BCUT2D eigenvalue weighted by Gasteiger charge is 2.12. The third kappa shape index (κ3) is 2.76. The molecule has 2 aromatic heterocycles. The molecular weight excluding hydrogens is 300 g/mol. The fourth-order valence-electron chi connectivity index (χ4n) is 2.19. The van der Waals surface area contributed by atoms with Gasteiger partial charge in [0.1, 0.15) is 0 Å². The standard InChI is InChI=1S/C15H14N4O2S/c1-11-9-15(12-3-2-8-17-10-12)19(18-11)13-4-6-14(7-5-13)22(16,20)21/h2-10H,1H3,(H2,16,20,21). The molecule has 0 amide bonds. The average molecular weight is 314 g/mol. The molecule has 0 aliphatic rings. The lowest BCUT2D eigenvalue weighted by Gasteiger charge is -2.08. The Morgan fingerprint density at radius 2 is 1.86 bits per heavy atom. The van der Waals surface area contributed by atoms with Crippen LogP contribution >= 0.6 is 0 Å². The van der Waals surface area contributed by atoms with Crippen LogP contribution in [0.4, 0.5) is 0 Å². The fourth-order valence-corrected chi connectivity index (χ4v) is 2.71. The Morgan fingerprint density at radius 1 is 1.14 bits per heavy atom. The molecule has 0 aliphatic heterocycles. The Hall–Kier alpha value is -2.51. The van der Waals surface area contributed by atoms with Gasteiger partial charge in [-0.25, -0.2) is 18.2 Å². The lowest BCUT2D eigenvalue weighted by atomic mass is 10.2. The highest BCUT2D eigenvalue weighted by atomic mass is 32.2. The predicted octanol–water partition coefficient (Wildman–Crippen LogP) is 1.89. The molecule has 0 aliphatic carbocycles. The van der Waals surface area contributed by atoms with Gasteiger partial charge in [-0.2, -0.15) is 5.10 Å². The normalized spacial score (nSPS) is 11.5. The number of primary sulfonamides is 1. The van der Waals surface area contributed by atoms with E-state index in [9.17, 15) is 8.42 Å². The third-order valence-electron chi connectivity index (χ3n) is 3.20. The first-order valence-corrected chi connectivity index (χ1v) is 8.10. The monoisotopic (exact) mass is 314 g/mol. The van der Waals surface area contributed by atoms with Crippen LogP contribution in [-0.2, 0) is 10.0 Å². The molecule has 7 heteroatoms. The Morgan fingerprint density at radius 3 is 2.45 bits per heavy atom. The lowest BCUT2D eigenvalue weighted by molar-refractivity contribution is 0.598. The van der Waals surface area contributed by atoms with E-state index in [-0.39, 0.29) is 4.90 Å². The number of benzene rings is 1. The zero-order chi connectivity index (χ0) is 15.7. The van der Waals surface area contributed by atoms with Crippen LogP contribution in [0.2, 0.25) is 0 Å². The molecule has 6 nitrogen and oxygen atoms in total. The molecule has 0 saturated heterocycles. The third-order valence-corrected chi connectivity index (χ3v) is 4.13. The largest absolute Gasteiger partial charge is 0.264 e. The van der Waals surface area contributed by atoms with Crippen LogP contribution in [0, 0.1) is 6.92 Å².